The van der Waals surface area contributed by atoms with E-state index in [4.69, 9.17) is 4.55 Å². The number of rotatable bonds is 3. The summed E-state index contributed by atoms with van der Waals surface area (Å²) in [4.78, 5) is 0.359. The fourth-order valence-electron chi connectivity index (χ4n) is 2.71. The van der Waals surface area contributed by atoms with Gasteiger partial charge in [0.15, 0.2) is 11.1 Å². The molecule has 0 aliphatic heterocycles. The highest BCUT2D eigenvalue weighted by Gasteiger charge is 2.33. The summed E-state index contributed by atoms with van der Waals surface area (Å²) in [5.41, 5.74) is 1.30. The molecule has 4 unspecified atom stereocenters. The van der Waals surface area contributed by atoms with E-state index in [9.17, 15) is 4.21 Å². The largest absolute Gasteiger partial charge is 0.306 e. The van der Waals surface area contributed by atoms with Gasteiger partial charge in [0.25, 0.3) is 0 Å². The van der Waals surface area contributed by atoms with Crippen molar-refractivity contribution in [3.05, 3.63) is 35.9 Å². The van der Waals surface area contributed by atoms with Crippen molar-refractivity contribution in [1.29, 1.82) is 0 Å². The lowest BCUT2D eigenvalue weighted by atomic mass is 9.76. The van der Waals surface area contributed by atoms with Gasteiger partial charge in [0, 0.05) is 4.83 Å². The maximum absolute atomic E-state index is 11.1. The van der Waals surface area contributed by atoms with Gasteiger partial charge >= 0.3 is 0 Å². The van der Waals surface area contributed by atoms with Gasteiger partial charge in [-0.1, -0.05) is 52.7 Å². The Morgan fingerprint density at radius 2 is 2.00 bits per heavy atom. The Balaban J connectivity index is 2.20. The molecule has 0 heterocycles. The Bertz CT molecular complexity index is 382. The van der Waals surface area contributed by atoms with Gasteiger partial charge in [-0.25, -0.2) is 4.21 Å². The smallest absolute Gasteiger partial charge is 0.153 e. The second-order valence-corrected chi connectivity index (χ2v) is 6.77. The van der Waals surface area contributed by atoms with Crippen LogP contribution in [0.4, 0.5) is 0 Å². The summed E-state index contributed by atoms with van der Waals surface area (Å²) < 4.78 is 20.2. The number of alkyl halides is 1. The van der Waals surface area contributed by atoms with Gasteiger partial charge in [0.1, 0.15) is 0 Å². The molecule has 2 rings (SSSR count). The Kier molecular flexibility index (Phi) is 4.77. The Morgan fingerprint density at radius 3 is 2.65 bits per heavy atom. The predicted octanol–water partition coefficient (Wildman–Crippen LogP) is 3.56. The quantitative estimate of drug-likeness (QED) is 0.684. The third-order valence-electron chi connectivity index (χ3n) is 3.54. The minimum absolute atomic E-state index is 0.261. The molecule has 1 N–H and O–H groups in total. The highest BCUT2D eigenvalue weighted by molar-refractivity contribution is 9.09. The summed E-state index contributed by atoms with van der Waals surface area (Å²) >= 11 is 1.97. The summed E-state index contributed by atoms with van der Waals surface area (Å²) in [5, 5.41) is 0. The molecule has 0 amide bonds. The van der Waals surface area contributed by atoms with Gasteiger partial charge in [0.2, 0.25) is 0 Å². The van der Waals surface area contributed by atoms with Gasteiger partial charge in [-0.2, -0.15) is 0 Å². The normalized spacial score (nSPS) is 31.1. The SMILES string of the molecule is O=S(O)CC1C(Br)CCCC1c1ccccc1. The van der Waals surface area contributed by atoms with Crippen LogP contribution in [0.2, 0.25) is 0 Å². The van der Waals surface area contributed by atoms with E-state index in [2.05, 4.69) is 28.1 Å². The zero-order chi connectivity index (χ0) is 12.3. The third kappa shape index (κ3) is 3.39. The molecular formula is C13H17BrO2S. The first-order chi connectivity index (χ1) is 8.18. The fourth-order valence-corrected chi connectivity index (χ4v) is 4.63. The maximum Gasteiger partial charge on any atom is 0.153 e. The summed E-state index contributed by atoms with van der Waals surface area (Å²) in [6, 6.07) is 10.4. The standard InChI is InChI=1S/C13H17BrO2S/c14-13-8-4-7-11(12(13)9-17(15)16)10-5-2-1-3-6-10/h1-3,5-6,11-13H,4,7-9H2,(H,15,16). The second-order valence-electron chi connectivity index (χ2n) is 4.62. The molecule has 1 fully saturated rings. The first-order valence-corrected chi connectivity index (χ1v) is 8.14. The van der Waals surface area contributed by atoms with E-state index in [1.54, 1.807) is 0 Å². The number of hydrogen-bond donors (Lipinski definition) is 1. The Labute approximate surface area is 113 Å². The molecule has 1 aromatic carbocycles. The molecule has 4 heteroatoms. The van der Waals surface area contributed by atoms with Crippen LogP contribution in [0.1, 0.15) is 30.7 Å². The molecular weight excluding hydrogens is 300 g/mol. The number of benzene rings is 1. The molecule has 1 aromatic rings. The van der Waals surface area contributed by atoms with Crippen molar-refractivity contribution in [3.8, 4) is 0 Å². The highest BCUT2D eigenvalue weighted by atomic mass is 79.9. The molecule has 0 aromatic heterocycles. The molecule has 4 atom stereocenters. The van der Waals surface area contributed by atoms with E-state index in [1.807, 2.05) is 18.2 Å². The van der Waals surface area contributed by atoms with Crippen molar-refractivity contribution in [2.45, 2.75) is 30.0 Å². The number of hydrogen-bond acceptors (Lipinski definition) is 1. The molecule has 0 radical (unpaired) electrons. The lowest BCUT2D eigenvalue weighted by Gasteiger charge is -2.35. The van der Waals surface area contributed by atoms with Gasteiger partial charge in [-0.15, -0.1) is 0 Å². The Hall–Kier alpha value is -0.190. The van der Waals surface area contributed by atoms with Crippen LogP contribution in [0, 0.1) is 5.92 Å². The van der Waals surface area contributed by atoms with E-state index in [-0.39, 0.29) is 5.92 Å². The van der Waals surface area contributed by atoms with Crippen molar-refractivity contribution in [3.63, 3.8) is 0 Å². The summed E-state index contributed by atoms with van der Waals surface area (Å²) in [6.07, 6.45) is 3.41. The van der Waals surface area contributed by atoms with Crippen LogP contribution in [-0.4, -0.2) is 19.3 Å². The predicted molar refractivity (Wildman–Crippen MR) is 74.9 cm³/mol. The van der Waals surface area contributed by atoms with E-state index in [1.165, 1.54) is 12.0 Å². The molecule has 1 aliphatic rings. The number of halogens is 1. The highest BCUT2D eigenvalue weighted by Crippen LogP contribution is 2.41. The van der Waals surface area contributed by atoms with Gasteiger partial charge < -0.3 is 4.55 Å². The Morgan fingerprint density at radius 1 is 1.29 bits per heavy atom. The van der Waals surface area contributed by atoms with Crippen molar-refractivity contribution in [2.24, 2.45) is 5.92 Å². The van der Waals surface area contributed by atoms with Gasteiger partial charge in [0.05, 0.1) is 5.75 Å². The fraction of sp³-hybridized carbons (Fsp3) is 0.538. The average molecular weight is 317 g/mol. The van der Waals surface area contributed by atoms with Crippen LogP contribution in [0.15, 0.2) is 30.3 Å². The van der Waals surface area contributed by atoms with Gasteiger partial charge in [-0.05, 0) is 30.2 Å². The average Bonchev–Trinajstić information content (AvgIpc) is 2.32. The van der Waals surface area contributed by atoms with Crippen LogP contribution >= 0.6 is 15.9 Å². The van der Waals surface area contributed by atoms with Crippen molar-refractivity contribution in [1.82, 2.24) is 0 Å². The minimum Gasteiger partial charge on any atom is -0.306 e. The molecule has 1 saturated carbocycles. The van der Waals surface area contributed by atoms with Crippen LogP contribution in [0.3, 0.4) is 0 Å². The van der Waals surface area contributed by atoms with Crippen LogP contribution < -0.4 is 0 Å². The van der Waals surface area contributed by atoms with E-state index in [0.717, 1.165) is 12.8 Å². The zero-order valence-electron chi connectivity index (χ0n) is 9.59. The molecule has 0 bridgehead atoms. The first-order valence-electron chi connectivity index (χ1n) is 5.95. The summed E-state index contributed by atoms with van der Waals surface area (Å²) in [7, 11) is 0. The van der Waals surface area contributed by atoms with Crippen LogP contribution in [0.5, 0.6) is 0 Å². The molecule has 94 valence electrons. The van der Waals surface area contributed by atoms with Crippen molar-refractivity contribution in [2.75, 3.05) is 5.75 Å². The van der Waals surface area contributed by atoms with E-state index in [0.29, 0.717) is 16.5 Å². The molecule has 0 saturated heterocycles. The minimum atomic E-state index is -1.71. The van der Waals surface area contributed by atoms with Crippen LogP contribution in [-0.2, 0) is 11.1 Å². The van der Waals surface area contributed by atoms with Crippen molar-refractivity contribution < 1.29 is 8.76 Å². The van der Waals surface area contributed by atoms with Crippen LogP contribution in [0.25, 0.3) is 0 Å². The van der Waals surface area contributed by atoms with Gasteiger partial charge in [-0.3, -0.25) is 0 Å². The topological polar surface area (TPSA) is 37.3 Å². The zero-order valence-corrected chi connectivity index (χ0v) is 12.0. The maximum atomic E-state index is 11.1. The summed E-state index contributed by atoms with van der Waals surface area (Å²) in [5.74, 6) is 1.04. The second kappa shape index (κ2) is 6.12. The molecule has 17 heavy (non-hydrogen) atoms. The lowest BCUT2D eigenvalue weighted by Crippen LogP contribution is -2.31. The monoisotopic (exact) mass is 316 g/mol. The first kappa shape index (κ1) is 13.2. The van der Waals surface area contributed by atoms with E-state index < -0.39 is 11.1 Å². The van der Waals surface area contributed by atoms with Crippen molar-refractivity contribution >= 4 is 27.0 Å². The lowest BCUT2D eigenvalue weighted by molar-refractivity contribution is 0.345. The molecule has 1 aliphatic carbocycles. The molecule has 0 spiro atoms. The van der Waals surface area contributed by atoms with E-state index >= 15 is 0 Å². The molecule has 2 nitrogen and oxygen atoms in total. The third-order valence-corrected chi connectivity index (χ3v) is 5.35. The summed E-state index contributed by atoms with van der Waals surface area (Å²) in [6.45, 7) is 0.